The molecule has 0 aliphatic heterocycles. The van der Waals surface area contributed by atoms with Gasteiger partial charge in [0.2, 0.25) is 0 Å². The van der Waals surface area contributed by atoms with Crippen LogP contribution in [-0.4, -0.2) is 38.0 Å². The number of imidazole rings is 1. The molecule has 13 heteroatoms. The van der Waals surface area contributed by atoms with Crippen molar-refractivity contribution in [2.75, 3.05) is 12.8 Å². The van der Waals surface area contributed by atoms with E-state index in [-0.39, 0.29) is 35.1 Å². The molecule has 0 unspecified atom stereocenters. The number of nitrogens with two attached hydrogens (primary N) is 1. The molecule has 0 fully saturated rings. The number of hydrogen-bond donors (Lipinski definition) is 4. The van der Waals surface area contributed by atoms with Gasteiger partial charge in [-0.2, -0.15) is 13.2 Å². The highest BCUT2D eigenvalue weighted by Gasteiger charge is 2.30. The van der Waals surface area contributed by atoms with E-state index in [1.807, 2.05) is 0 Å². The highest BCUT2D eigenvalue weighted by molar-refractivity contribution is 5.94. The standard InChI is InChI=1S/C19H17F3N8O2/c1-24-7-11-15(26-8-27-16(11)23)18(31)25-6-10-5-14(30-32-10)17-28-12-3-2-9(19(20,21)22)4-13(12)29-17/h2-5,8,24H,6-7H2,1H3,(H,25,31)(H,28,29)(H2,23,26,27). The molecule has 10 nitrogen and oxygen atoms in total. The van der Waals surface area contributed by atoms with E-state index in [2.05, 4.69) is 35.7 Å². The largest absolute Gasteiger partial charge is 0.416 e. The molecule has 0 atom stereocenters. The average molecular weight is 446 g/mol. The van der Waals surface area contributed by atoms with E-state index in [0.29, 0.717) is 23.4 Å². The Bertz CT molecular complexity index is 1280. The summed E-state index contributed by atoms with van der Waals surface area (Å²) in [6.07, 6.45) is -3.26. The second-order valence-electron chi connectivity index (χ2n) is 6.79. The van der Waals surface area contributed by atoms with Gasteiger partial charge in [0.05, 0.1) is 23.1 Å². The Morgan fingerprint density at radius 2 is 2.03 bits per heavy atom. The first-order valence-corrected chi connectivity index (χ1v) is 9.31. The zero-order valence-corrected chi connectivity index (χ0v) is 16.6. The number of fused-ring (bicyclic) bond motifs is 1. The SMILES string of the molecule is CNCc1c(N)ncnc1C(=O)NCc1cc(-c2nc3ccc(C(F)(F)F)cc3[nH]2)no1. The van der Waals surface area contributed by atoms with Gasteiger partial charge >= 0.3 is 6.18 Å². The molecule has 0 saturated carbocycles. The number of carbonyl (C=O) groups is 1. The third-order valence-electron chi connectivity index (χ3n) is 4.58. The normalized spacial score (nSPS) is 11.8. The van der Waals surface area contributed by atoms with E-state index >= 15 is 0 Å². The molecule has 5 N–H and O–H groups in total. The number of nitrogens with one attached hydrogen (secondary N) is 3. The fraction of sp³-hybridized carbons (Fsp3) is 0.211. The summed E-state index contributed by atoms with van der Waals surface area (Å²) in [5.74, 6) is 0.258. The van der Waals surface area contributed by atoms with Gasteiger partial charge in [-0.3, -0.25) is 4.79 Å². The Hall–Kier alpha value is -4.00. The number of anilines is 1. The zero-order chi connectivity index (χ0) is 22.9. The van der Waals surface area contributed by atoms with Gasteiger partial charge in [0.1, 0.15) is 23.5 Å². The first kappa shape index (κ1) is 21.2. The average Bonchev–Trinajstić information content (AvgIpc) is 3.39. The number of aromatic amines is 1. The molecule has 1 amide bonds. The number of aromatic nitrogens is 5. The summed E-state index contributed by atoms with van der Waals surface area (Å²) in [5, 5.41) is 9.42. The predicted octanol–water partition coefficient (Wildman–Crippen LogP) is 2.26. The van der Waals surface area contributed by atoms with Crippen LogP contribution in [0.1, 0.15) is 27.4 Å². The number of nitrogens with zero attached hydrogens (tertiary/aromatic N) is 4. The summed E-state index contributed by atoms with van der Waals surface area (Å²) in [4.78, 5) is 27.4. The highest BCUT2D eigenvalue weighted by Crippen LogP contribution is 2.31. The Morgan fingerprint density at radius 1 is 1.22 bits per heavy atom. The molecule has 166 valence electrons. The van der Waals surface area contributed by atoms with Crippen LogP contribution in [0.2, 0.25) is 0 Å². The Morgan fingerprint density at radius 3 is 2.78 bits per heavy atom. The summed E-state index contributed by atoms with van der Waals surface area (Å²) in [7, 11) is 1.70. The summed E-state index contributed by atoms with van der Waals surface area (Å²) < 4.78 is 43.9. The predicted molar refractivity (Wildman–Crippen MR) is 107 cm³/mol. The number of hydrogen-bond acceptors (Lipinski definition) is 8. The molecule has 32 heavy (non-hydrogen) atoms. The Balaban J connectivity index is 1.49. The molecule has 4 rings (SSSR count). The van der Waals surface area contributed by atoms with E-state index in [0.717, 1.165) is 12.1 Å². The van der Waals surface area contributed by atoms with E-state index < -0.39 is 17.6 Å². The van der Waals surface area contributed by atoms with E-state index in [1.165, 1.54) is 18.5 Å². The fourth-order valence-corrected chi connectivity index (χ4v) is 3.04. The second kappa shape index (κ2) is 8.26. The number of nitrogen functional groups attached to an aromatic ring is 1. The molecular formula is C19H17F3N8O2. The molecular weight excluding hydrogens is 429 g/mol. The van der Waals surface area contributed by atoms with Gasteiger partial charge in [-0.1, -0.05) is 5.16 Å². The lowest BCUT2D eigenvalue weighted by Gasteiger charge is -2.09. The number of rotatable bonds is 6. The number of H-pyrrole nitrogens is 1. The minimum absolute atomic E-state index is 0.00676. The van der Waals surface area contributed by atoms with E-state index in [9.17, 15) is 18.0 Å². The molecule has 0 aliphatic rings. The molecule has 3 heterocycles. The Kier molecular flexibility index (Phi) is 5.48. The lowest BCUT2D eigenvalue weighted by Crippen LogP contribution is -2.27. The molecule has 0 aliphatic carbocycles. The number of alkyl halides is 3. The third-order valence-corrected chi connectivity index (χ3v) is 4.58. The summed E-state index contributed by atoms with van der Waals surface area (Å²) in [5.41, 5.74) is 6.46. The summed E-state index contributed by atoms with van der Waals surface area (Å²) in [6.45, 7) is 0.303. The topological polar surface area (TPSA) is 148 Å². The van der Waals surface area contributed by atoms with Crippen LogP contribution in [0.25, 0.3) is 22.6 Å². The molecule has 1 aromatic carbocycles. The lowest BCUT2D eigenvalue weighted by atomic mass is 10.2. The van der Waals surface area contributed by atoms with Gasteiger partial charge in [-0.15, -0.1) is 0 Å². The van der Waals surface area contributed by atoms with Crippen molar-refractivity contribution in [1.29, 1.82) is 0 Å². The van der Waals surface area contributed by atoms with Crippen molar-refractivity contribution in [3.05, 3.63) is 53.2 Å². The van der Waals surface area contributed by atoms with E-state index in [4.69, 9.17) is 10.3 Å². The van der Waals surface area contributed by atoms with Crippen molar-refractivity contribution in [2.24, 2.45) is 0 Å². The van der Waals surface area contributed by atoms with Crippen LogP contribution in [0.15, 0.2) is 35.1 Å². The maximum atomic E-state index is 12.9. The quantitative estimate of drug-likeness (QED) is 0.353. The van der Waals surface area contributed by atoms with Crippen molar-refractivity contribution in [2.45, 2.75) is 19.3 Å². The van der Waals surface area contributed by atoms with Crippen LogP contribution in [0.5, 0.6) is 0 Å². The second-order valence-corrected chi connectivity index (χ2v) is 6.79. The maximum absolute atomic E-state index is 12.9. The first-order chi connectivity index (χ1) is 15.3. The molecule has 0 spiro atoms. The van der Waals surface area contributed by atoms with Crippen LogP contribution >= 0.6 is 0 Å². The number of halogens is 3. The number of carbonyl (C=O) groups excluding carboxylic acids is 1. The van der Waals surface area contributed by atoms with Gasteiger partial charge in [-0.25, -0.2) is 15.0 Å². The number of benzene rings is 1. The minimum Gasteiger partial charge on any atom is -0.383 e. The van der Waals surface area contributed by atoms with Crippen LogP contribution in [0.3, 0.4) is 0 Å². The maximum Gasteiger partial charge on any atom is 0.416 e. The van der Waals surface area contributed by atoms with Crippen molar-refractivity contribution >= 4 is 22.8 Å². The van der Waals surface area contributed by atoms with Crippen LogP contribution in [0.4, 0.5) is 19.0 Å². The fourth-order valence-electron chi connectivity index (χ4n) is 3.04. The molecule has 3 aromatic heterocycles. The molecule has 0 radical (unpaired) electrons. The zero-order valence-electron chi connectivity index (χ0n) is 16.6. The number of amides is 1. The minimum atomic E-state index is -4.46. The monoisotopic (exact) mass is 446 g/mol. The van der Waals surface area contributed by atoms with Crippen molar-refractivity contribution in [3.8, 4) is 11.5 Å². The van der Waals surface area contributed by atoms with Crippen LogP contribution in [-0.2, 0) is 19.3 Å². The molecule has 0 saturated heterocycles. The smallest absolute Gasteiger partial charge is 0.383 e. The van der Waals surface area contributed by atoms with Gasteiger partial charge in [0, 0.05) is 18.2 Å². The molecule has 0 bridgehead atoms. The van der Waals surface area contributed by atoms with Gasteiger partial charge in [0.15, 0.2) is 11.6 Å². The Labute approximate surface area is 178 Å². The summed E-state index contributed by atoms with van der Waals surface area (Å²) >= 11 is 0. The highest BCUT2D eigenvalue weighted by atomic mass is 19.4. The lowest BCUT2D eigenvalue weighted by molar-refractivity contribution is -0.137. The van der Waals surface area contributed by atoms with Crippen LogP contribution in [0, 0.1) is 0 Å². The first-order valence-electron chi connectivity index (χ1n) is 9.31. The van der Waals surface area contributed by atoms with Crippen molar-refractivity contribution in [1.82, 2.24) is 35.7 Å². The van der Waals surface area contributed by atoms with Gasteiger partial charge in [0.25, 0.3) is 5.91 Å². The van der Waals surface area contributed by atoms with Gasteiger partial charge < -0.3 is 25.9 Å². The van der Waals surface area contributed by atoms with Gasteiger partial charge in [-0.05, 0) is 25.2 Å². The van der Waals surface area contributed by atoms with E-state index in [1.54, 1.807) is 7.05 Å². The summed E-state index contributed by atoms with van der Waals surface area (Å²) in [6, 6.07) is 4.73. The third kappa shape index (κ3) is 4.23. The van der Waals surface area contributed by atoms with Crippen LogP contribution < -0.4 is 16.4 Å². The molecule has 4 aromatic rings. The van der Waals surface area contributed by atoms with Crippen molar-refractivity contribution < 1.29 is 22.5 Å². The van der Waals surface area contributed by atoms with Crippen molar-refractivity contribution in [3.63, 3.8) is 0 Å².